The second-order valence-electron chi connectivity index (χ2n) is 3.95. The summed E-state index contributed by atoms with van der Waals surface area (Å²) in [6.07, 6.45) is 0. The average molecular weight is 308 g/mol. The Morgan fingerprint density at radius 3 is 2.60 bits per heavy atom. The molecular weight excluding hydrogens is 298 g/mol. The number of carboxylic acid groups (broad SMARTS) is 1. The first-order valence-electron chi connectivity index (χ1n) is 5.54. The lowest BCUT2D eigenvalue weighted by atomic mass is 10.1. The van der Waals surface area contributed by atoms with E-state index in [1.807, 2.05) is 24.3 Å². The van der Waals surface area contributed by atoms with Crippen molar-refractivity contribution < 1.29 is 15.4 Å². The Morgan fingerprint density at radius 2 is 1.90 bits per heavy atom. The quantitative estimate of drug-likeness (QED) is 0.786. The Balaban J connectivity index is 0.00000147. The molecule has 102 valence electrons. The van der Waals surface area contributed by atoms with Crippen molar-refractivity contribution in [2.24, 2.45) is 0 Å². The summed E-state index contributed by atoms with van der Waals surface area (Å²) in [5.74, 6) is -1.00. The van der Waals surface area contributed by atoms with Gasteiger partial charge in [0, 0.05) is 5.56 Å². The molecule has 0 aliphatic carbocycles. The number of para-hydroxylation sites is 1. The second-order valence-corrected chi connectivity index (χ2v) is 5.39. The minimum Gasteiger partial charge on any atom is -0.478 e. The summed E-state index contributed by atoms with van der Waals surface area (Å²) in [6, 6.07) is 12.5. The van der Waals surface area contributed by atoms with Gasteiger partial charge in [0.25, 0.3) is 0 Å². The fraction of sp³-hybridized carbons (Fsp3) is 0. The lowest BCUT2D eigenvalue weighted by molar-refractivity contribution is 0.0697. The molecule has 0 fully saturated rings. The average Bonchev–Trinajstić information content (AvgIpc) is 2.81. The SMILES string of the molecule is O.O=C(O)c1cccc(Cl)c1-c1nc2ccccc2s1. The number of benzene rings is 2. The van der Waals surface area contributed by atoms with Gasteiger partial charge in [0.1, 0.15) is 5.01 Å². The van der Waals surface area contributed by atoms with Crippen LogP contribution in [0.4, 0.5) is 0 Å². The molecule has 20 heavy (non-hydrogen) atoms. The molecule has 1 aromatic heterocycles. The highest BCUT2D eigenvalue weighted by Gasteiger charge is 2.18. The topological polar surface area (TPSA) is 81.7 Å². The van der Waals surface area contributed by atoms with Crippen molar-refractivity contribution in [3.05, 3.63) is 53.1 Å². The van der Waals surface area contributed by atoms with Crippen LogP contribution in [0.3, 0.4) is 0 Å². The Morgan fingerprint density at radius 1 is 1.15 bits per heavy atom. The number of thiazole rings is 1. The van der Waals surface area contributed by atoms with Gasteiger partial charge in [0.2, 0.25) is 0 Å². The van der Waals surface area contributed by atoms with Gasteiger partial charge in [-0.1, -0.05) is 29.8 Å². The van der Waals surface area contributed by atoms with Crippen LogP contribution < -0.4 is 0 Å². The molecule has 3 N–H and O–H groups in total. The molecule has 0 atom stereocenters. The summed E-state index contributed by atoms with van der Waals surface area (Å²) < 4.78 is 1.01. The smallest absolute Gasteiger partial charge is 0.336 e. The summed E-state index contributed by atoms with van der Waals surface area (Å²) in [4.78, 5) is 15.7. The van der Waals surface area contributed by atoms with Crippen molar-refractivity contribution >= 4 is 39.1 Å². The van der Waals surface area contributed by atoms with E-state index >= 15 is 0 Å². The molecule has 0 saturated heterocycles. The number of fused-ring (bicyclic) bond motifs is 1. The number of nitrogens with zero attached hydrogens (tertiary/aromatic N) is 1. The minimum absolute atomic E-state index is 0. The van der Waals surface area contributed by atoms with Crippen LogP contribution in [0.1, 0.15) is 10.4 Å². The number of carboxylic acids is 1. The predicted octanol–water partition coefficient (Wildman–Crippen LogP) is 3.49. The number of halogens is 1. The van der Waals surface area contributed by atoms with Gasteiger partial charge in [-0.2, -0.15) is 0 Å². The Kier molecular flexibility index (Phi) is 4.04. The highest BCUT2D eigenvalue weighted by molar-refractivity contribution is 7.21. The van der Waals surface area contributed by atoms with Crippen LogP contribution in [-0.4, -0.2) is 21.5 Å². The largest absolute Gasteiger partial charge is 0.478 e. The van der Waals surface area contributed by atoms with Crippen molar-refractivity contribution in [3.63, 3.8) is 0 Å². The molecule has 2 aromatic carbocycles. The van der Waals surface area contributed by atoms with E-state index in [0.717, 1.165) is 10.2 Å². The van der Waals surface area contributed by atoms with Gasteiger partial charge in [0.15, 0.2) is 0 Å². The van der Waals surface area contributed by atoms with Gasteiger partial charge in [0.05, 0.1) is 20.8 Å². The third-order valence-corrected chi connectivity index (χ3v) is 4.12. The Labute approximate surface area is 123 Å². The molecule has 0 aliphatic rings. The first-order chi connectivity index (χ1) is 9.16. The number of hydrogen-bond acceptors (Lipinski definition) is 3. The first-order valence-corrected chi connectivity index (χ1v) is 6.74. The third-order valence-electron chi connectivity index (χ3n) is 2.75. The summed E-state index contributed by atoms with van der Waals surface area (Å²) in [7, 11) is 0. The molecule has 1 heterocycles. The zero-order valence-electron chi connectivity index (χ0n) is 10.1. The van der Waals surface area contributed by atoms with E-state index in [1.54, 1.807) is 12.1 Å². The summed E-state index contributed by atoms with van der Waals surface area (Å²) in [6.45, 7) is 0. The summed E-state index contributed by atoms with van der Waals surface area (Å²) in [5, 5.41) is 10.3. The van der Waals surface area contributed by atoms with Crippen LogP contribution in [-0.2, 0) is 0 Å². The summed E-state index contributed by atoms with van der Waals surface area (Å²) >= 11 is 7.58. The van der Waals surface area contributed by atoms with Crippen LogP contribution in [0.5, 0.6) is 0 Å². The van der Waals surface area contributed by atoms with Gasteiger partial charge in [-0.15, -0.1) is 11.3 Å². The van der Waals surface area contributed by atoms with Crippen molar-refractivity contribution in [3.8, 4) is 10.6 Å². The van der Waals surface area contributed by atoms with Crippen molar-refractivity contribution in [2.45, 2.75) is 0 Å². The van der Waals surface area contributed by atoms with Gasteiger partial charge >= 0.3 is 5.97 Å². The number of aromatic nitrogens is 1. The molecule has 6 heteroatoms. The van der Waals surface area contributed by atoms with Crippen molar-refractivity contribution in [1.82, 2.24) is 4.98 Å². The van der Waals surface area contributed by atoms with E-state index in [4.69, 9.17) is 11.6 Å². The minimum atomic E-state index is -1.00. The normalized spacial score (nSPS) is 10.2. The molecule has 4 nitrogen and oxygen atoms in total. The molecule has 3 aromatic rings. The standard InChI is InChI=1S/C14H8ClNO2S.H2O/c15-9-5-3-4-8(14(17)18)12(9)13-16-10-6-1-2-7-11(10)19-13;/h1-7H,(H,17,18);1H2. The van der Waals surface area contributed by atoms with Crippen LogP contribution in [0.2, 0.25) is 5.02 Å². The fourth-order valence-corrected chi connectivity index (χ4v) is 3.26. The maximum Gasteiger partial charge on any atom is 0.336 e. The lowest BCUT2D eigenvalue weighted by Gasteiger charge is -2.04. The van der Waals surface area contributed by atoms with E-state index in [9.17, 15) is 9.90 Å². The van der Waals surface area contributed by atoms with Crippen molar-refractivity contribution in [1.29, 1.82) is 0 Å². The van der Waals surface area contributed by atoms with Gasteiger partial charge in [-0.05, 0) is 24.3 Å². The zero-order valence-corrected chi connectivity index (χ0v) is 11.7. The van der Waals surface area contributed by atoms with E-state index < -0.39 is 5.97 Å². The lowest BCUT2D eigenvalue weighted by Crippen LogP contribution is -1.99. The van der Waals surface area contributed by atoms with E-state index in [-0.39, 0.29) is 11.0 Å². The monoisotopic (exact) mass is 307 g/mol. The highest BCUT2D eigenvalue weighted by Crippen LogP contribution is 2.36. The first kappa shape index (κ1) is 14.5. The molecular formula is C14H10ClNO3S. The van der Waals surface area contributed by atoms with Gasteiger partial charge in [-0.3, -0.25) is 0 Å². The van der Waals surface area contributed by atoms with Gasteiger partial charge < -0.3 is 10.6 Å². The predicted molar refractivity (Wildman–Crippen MR) is 80.6 cm³/mol. The second kappa shape index (κ2) is 5.58. The Hall–Kier alpha value is -1.95. The maximum absolute atomic E-state index is 11.3. The number of carbonyl (C=O) groups is 1. The molecule has 0 bridgehead atoms. The molecule has 0 amide bonds. The Bertz CT molecular complexity index is 752. The van der Waals surface area contributed by atoms with E-state index in [2.05, 4.69) is 4.98 Å². The van der Waals surface area contributed by atoms with E-state index in [1.165, 1.54) is 17.4 Å². The maximum atomic E-state index is 11.3. The van der Waals surface area contributed by atoms with Crippen LogP contribution in [0.15, 0.2) is 42.5 Å². The number of rotatable bonds is 2. The molecule has 0 radical (unpaired) electrons. The molecule has 3 rings (SSSR count). The van der Waals surface area contributed by atoms with Crippen LogP contribution in [0.25, 0.3) is 20.8 Å². The molecule has 0 aliphatic heterocycles. The highest BCUT2D eigenvalue weighted by atomic mass is 35.5. The molecule has 0 spiro atoms. The van der Waals surface area contributed by atoms with Crippen LogP contribution >= 0.6 is 22.9 Å². The number of aromatic carboxylic acids is 1. The third kappa shape index (κ3) is 2.38. The molecule has 0 unspecified atom stereocenters. The van der Waals surface area contributed by atoms with Crippen LogP contribution in [0, 0.1) is 0 Å². The zero-order chi connectivity index (χ0) is 13.4. The number of hydrogen-bond donors (Lipinski definition) is 1. The molecule has 0 saturated carbocycles. The van der Waals surface area contributed by atoms with Gasteiger partial charge in [-0.25, -0.2) is 9.78 Å². The van der Waals surface area contributed by atoms with Crippen molar-refractivity contribution in [2.75, 3.05) is 0 Å². The summed E-state index contributed by atoms with van der Waals surface area (Å²) in [5.41, 5.74) is 1.50. The fourth-order valence-electron chi connectivity index (χ4n) is 1.90. The van der Waals surface area contributed by atoms with E-state index in [0.29, 0.717) is 15.6 Å².